The van der Waals surface area contributed by atoms with Gasteiger partial charge in [-0.15, -0.1) is 11.3 Å². The number of carbonyl (C=O) groups is 1. The predicted molar refractivity (Wildman–Crippen MR) is 127 cm³/mol. The molecule has 0 saturated heterocycles. The number of rotatable bonds is 7. The van der Waals surface area contributed by atoms with Crippen LogP contribution in [0.1, 0.15) is 48.0 Å². The van der Waals surface area contributed by atoms with Gasteiger partial charge in [0.05, 0.1) is 30.2 Å². The quantitative estimate of drug-likeness (QED) is 0.376. The van der Waals surface area contributed by atoms with Crippen molar-refractivity contribution in [2.24, 2.45) is 0 Å². The van der Waals surface area contributed by atoms with Gasteiger partial charge >= 0.3 is 0 Å². The van der Waals surface area contributed by atoms with E-state index in [0.717, 1.165) is 6.42 Å². The molecule has 33 heavy (non-hydrogen) atoms. The van der Waals surface area contributed by atoms with E-state index in [0.29, 0.717) is 51.9 Å². The van der Waals surface area contributed by atoms with Crippen LogP contribution in [0, 0.1) is 0 Å². The second kappa shape index (κ2) is 8.71. The van der Waals surface area contributed by atoms with Crippen LogP contribution in [-0.4, -0.2) is 24.1 Å². The van der Waals surface area contributed by atoms with Gasteiger partial charge in [0, 0.05) is 11.6 Å². The van der Waals surface area contributed by atoms with Crippen molar-refractivity contribution in [3.8, 4) is 11.5 Å². The van der Waals surface area contributed by atoms with E-state index in [9.17, 15) is 9.59 Å². The lowest BCUT2D eigenvalue weighted by Gasteiger charge is -2.23. The Kier molecular flexibility index (Phi) is 5.60. The van der Waals surface area contributed by atoms with Gasteiger partial charge in [-0.25, -0.2) is 4.98 Å². The number of benzene rings is 2. The van der Waals surface area contributed by atoms with Crippen LogP contribution in [0.3, 0.4) is 0 Å². The number of para-hydroxylation sites is 1. The fraction of sp³-hybridized carbons (Fsp3) is 0.240. The van der Waals surface area contributed by atoms with E-state index in [2.05, 4.69) is 4.98 Å². The van der Waals surface area contributed by atoms with Crippen LogP contribution >= 0.6 is 11.3 Å². The summed E-state index contributed by atoms with van der Waals surface area (Å²) < 4.78 is 17.6. The minimum atomic E-state index is -0.695. The zero-order valence-electron chi connectivity index (χ0n) is 18.2. The van der Waals surface area contributed by atoms with Crippen LogP contribution in [0.15, 0.2) is 63.3 Å². The molecule has 5 rings (SSSR count). The number of hydrogen-bond acceptors (Lipinski definition) is 7. The number of anilines is 1. The summed E-state index contributed by atoms with van der Waals surface area (Å²) in [4.78, 5) is 32.9. The second-order valence-electron chi connectivity index (χ2n) is 7.55. The maximum atomic E-state index is 13.6. The average molecular weight is 463 g/mol. The van der Waals surface area contributed by atoms with Crippen LogP contribution in [0.4, 0.5) is 5.13 Å². The summed E-state index contributed by atoms with van der Waals surface area (Å²) in [5.74, 6) is 0.840. The fourth-order valence-corrected chi connectivity index (χ4v) is 4.73. The normalized spacial score (nSPS) is 15.2. The lowest BCUT2D eigenvalue weighted by molar-refractivity contribution is 0.0971. The predicted octanol–water partition coefficient (Wildman–Crippen LogP) is 5.19. The lowest BCUT2D eigenvalue weighted by atomic mass is 9.98. The highest BCUT2D eigenvalue weighted by Crippen LogP contribution is 2.43. The van der Waals surface area contributed by atoms with Gasteiger partial charge in [-0.05, 0) is 43.2 Å². The molecule has 0 bridgehead atoms. The van der Waals surface area contributed by atoms with E-state index in [1.807, 2.05) is 32.0 Å². The molecular formula is C25H22N2O5S. The third-order valence-electron chi connectivity index (χ3n) is 5.45. The van der Waals surface area contributed by atoms with E-state index >= 15 is 0 Å². The molecule has 1 aliphatic rings. The summed E-state index contributed by atoms with van der Waals surface area (Å²) in [5, 5.41) is 2.72. The Hall–Kier alpha value is -3.65. The van der Waals surface area contributed by atoms with Crippen molar-refractivity contribution in [2.75, 3.05) is 18.1 Å². The summed E-state index contributed by atoms with van der Waals surface area (Å²) >= 11 is 1.33. The van der Waals surface area contributed by atoms with E-state index in [1.165, 1.54) is 16.2 Å². The zero-order chi connectivity index (χ0) is 22.9. The van der Waals surface area contributed by atoms with E-state index in [4.69, 9.17) is 13.9 Å². The van der Waals surface area contributed by atoms with Crippen molar-refractivity contribution in [3.05, 3.63) is 81.2 Å². The molecule has 0 radical (unpaired) electrons. The molecule has 3 heterocycles. The van der Waals surface area contributed by atoms with Gasteiger partial charge in [-0.1, -0.05) is 25.1 Å². The highest BCUT2D eigenvalue weighted by Gasteiger charge is 2.45. The molecule has 2 aromatic heterocycles. The third kappa shape index (κ3) is 3.56. The number of carbonyl (C=O) groups excluding carboxylic acids is 1. The number of ether oxygens (including phenoxy) is 2. The molecule has 0 fully saturated rings. The van der Waals surface area contributed by atoms with E-state index in [-0.39, 0.29) is 11.2 Å². The molecule has 1 atom stereocenters. The topological polar surface area (TPSA) is 81.9 Å². The minimum absolute atomic E-state index is 0.0446. The summed E-state index contributed by atoms with van der Waals surface area (Å²) in [6.07, 6.45) is 2.50. The number of fused-ring (bicyclic) bond motifs is 2. The Bertz CT molecular complexity index is 1380. The molecule has 0 N–H and O–H groups in total. The van der Waals surface area contributed by atoms with Crippen molar-refractivity contribution >= 4 is 33.3 Å². The Labute approximate surface area is 194 Å². The van der Waals surface area contributed by atoms with Crippen molar-refractivity contribution in [2.45, 2.75) is 26.3 Å². The van der Waals surface area contributed by atoms with Gasteiger partial charge in [0.15, 0.2) is 22.1 Å². The molecule has 8 heteroatoms. The van der Waals surface area contributed by atoms with Crippen molar-refractivity contribution in [3.63, 3.8) is 0 Å². The van der Waals surface area contributed by atoms with Crippen LogP contribution in [0.2, 0.25) is 0 Å². The maximum Gasteiger partial charge on any atom is 0.297 e. The van der Waals surface area contributed by atoms with Gasteiger partial charge in [-0.3, -0.25) is 14.5 Å². The average Bonchev–Trinajstić information content (AvgIpc) is 3.45. The van der Waals surface area contributed by atoms with Gasteiger partial charge in [-0.2, -0.15) is 0 Å². The molecule has 7 nitrogen and oxygen atoms in total. The Morgan fingerprint density at radius 3 is 2.70 bits per heavy atom. The molecule has 1 amide bonds. The molecule has 0 unspecified atom stereocenters. The Balaban J connectivity index is 1.73. The first-order valence-electron chi connectivity index (χ1n) is 10.8. The smallest absolute Gasteiger partial charge is 0.297 e. The van der Waals surface area contributed by atoms with Crippen molar-refractivity contribution in [1.82, 2.24) is 4.98 Å². The molecule has 2 aromatic carbocycles. The van der Waals surface area contributed by atoms with Gasteiger partial charge in [0.2, 0.25) is 5.76 Å². The first-order chi connectivity index (χ1) is 16.1. The molecule has 0 aliphatic carbocycles. The molecule has 0 spiro atoms. The first kappa shape index (κ1) is 21.2. The van der Waals surface area contributed by atoms with Crippen LogP contribution < -0.4 is 19.8 Å². The standard InChI is InChI=1S/C25H22N2O5S/c1-3-12-31-18-10-9-15(14-19(18)30-4-2)21-20-22(28)16-7-5-6-8-17(16)32-23(20)24(29)27(21)25-26-11-13-33-25/h5-11,13-14,21H,3-4,12H2,1-2H3/t21-/m0/s1. The number of nitrogens with zero attached hydrogens (tertiary/aromatic N) is 2. The SMILES string of the molecule is CCCOc1ccc([C@H]2c3c(oc4ccccc4c3=O)C(=O)N2c2nccs2)cc1OCC. The van der Waals surface area contributed by atoms with E-state index < -0.39 is 11.9 Å². The van der Waals surface area contributed by atoms with Gasteiger partial charge in [0.25, 0.3) is 5.91 Å². The first-order valence-corrected chi connectivity index (χ1v) is 11.7. The highest BCUT2D eigenvalue weighted by molar-refractivity contribution is 7.13. The summed E-state index contributed by atoms with van der Waals surface area (Å²) in [6.45, 7) is 4.94. The molecule has 1 aliphatic heterocycles. The Morgan fingerprint density at radius 1 is 1.09 bits per heavy atom. The van der Waals surface area contributed by atoms with Crippen LogP contribution in [0.5, 0.6) is 11.5 Å². The van der Waals surface area contributed by atoms with E-state index in [1.54, 1.807) is 35.8 Å². The molecule has 4 aromatic rings. The molecule has 168 valence electrons. The van der Waals surface area contributed by atoms with Crippen molar-refractivity contribution in [1.29, 1.82) is 0 Å². The van der Waals surface area contributed by atoms with Crippen molar-refractivity contribution < 1.29 is 18.7 Å². The largest absolute Gasteiger partial charge is 0.490 e. The Morgan fingerprint density at radius 2 is 1.94 bits per heavy atom. The number of thiazole rings is 1. The summed E-state index contributed by atoms with van der Waals surface area (Å²) in [6, 6.07) is 11.8. The van der Waals surface area contributed by atoms with Crippen LogP contribution in [-0.2, 0) is 0 Å². The van der Waals surface area contributed by atoms with Crippen LogP contribution in [0.25, 0.3) is 11.0 Å². The molecular weight excluding hydrogens is 440 g/mol. The number of amides is 1. The zero-order valence-corrected chi connectivity index (χ0v) is 19.1. The van der Waals surface area contributed by atoms with Gasteiger partial charge < -0.3 is 13.9 Å². The molecule has 0 saturated carbocycles. The second-order valence-corrected chi connectivity index (χ2v) is 8.42. The lowest BCUT2D eigenvalue weighted by Crippen LogP contribution is -2.29. The number of aromatic nitrogens is 1. The fourth-order valence-electron chi connectivity index (χ4n) is 4.06. The highest BCUT2D eigenvalue weighted by atomic mass is 32.1. The number of hydrogen-bond donors (Lipinski definition) is 0. The minimum Gasteiger partial charge on any atom is -0.490 e. The summed E-state index contributed by atoms with van der Waals surface area (Å²) in [7, 11) is 0. The van der Waals surface area contributed by atoms with Gasteiger partial charge in [0.1, 0.15) is 5.58 Å². The summed E-state index contributed by atoms with van der Waals surface area (Å²) in [5.41, 5.74) is 1.17. The monoisotopic (exact) mass is 462 g/mol. The third-order valence-corrected chi connectivity index (χ3v) is 6.22. The maximum absolute atomic E-state index is 13.6.